The van der Waals surface area contributed by atoms with Gasteiger partial charge in [0, 0.05) is 24.7 Å². The fraction of sp³-hybridized carbons (Fsp3) is 0.533. The zero-order valence-corrected chi connectivity index (χ0v) is 14.1. The van der Waals surface area contributed by atoms with Gasteiger partial charge in [-0.25, -0.2) is 4.39 Å². The molecule has 0 aromatic heterocycles. The van der Waals surface area contributed by atoms with E-state index in [1.165, 1.54) is 23.9 Å². The first-order valence-electron chi connectivity index (χ1n) is 7.05. The highest BCUT2D eigenvalue weighted by Crippen LogP contribution is 2.22. The van der Waals surface area contributed by atoms with Crippen LogP contribution in [0.3, 0.4) is 0 Å². The molecule has 22 heavy (non-hydrogen) atoms. The van der Waals surface area contributed by atoms with Crippen LogP contribution in [0.2, 0.25) is 0 Å². The standard InChI is InChI=1S/C15H21FN2O2S.ClH/c1-21-13-3-2-12(16)8-11(13)9-18-15(19)14(17)10-4-6-20-7-5-10;/h2-3,8,10,14H,4-7,9,17H2,1H3,(H,18,19);1H. The molecule has 1 fully saturated rings. The smallest absolute Gasteiger partial charge is 0.237 e. The lowest BCUT2D eigenvalue weighted by Crippen LogP contribution is -2.46. The van der Waals surface area contributed by atoms with Crippen LogP contribution in [0.5, 0.6) is 0 Å². The number of ether oxygens (including phenoxy) is 1. The third-order valence-electron chi connectivity index (χ3n) is 3.77. The Morgan fingerprint density at radius 1 is 1.50 bits per heavy atom. The van der Waals surface area contributed by atoms with Gasteiger partial charge < -0.3 is 15.8 Å². The quantitative estimate of drug-likeness (QED) is 0.802. The second kappa shape index (κ2) is 9.35. The summed E-state index contributed by atoms with van der Waals surface area (Å²) >= 11 is 1.53. The van der Waals surface area contributed by atoms with Gasteiger partial charge in [-0.15, -0.1) is 24.2 Å². The molecule has 3 N–H and O–H groups in total. The first-order valence-corrected chi connectivity index (χ1v) is 8.27. The summed E-state index contributed by atoms with van der Waals surface area (Å²) in [5.74, 6) is -0.324. The lowest BCUT2D eigenvalue weighted by atomic mass is 9.92. The van der Waals surface area contributed by atoms with Crippen molar-refractivity contribution in [1.29, 1.82) is 0 Å². The molecule has 4 nitrogen and oxygen atoms in total. The summed E-state index contributed by atoms with van der Waals surface area (Å²) in [7, 11) is 0. The van der Waals surface area contributed by atoms with Crippen LogP contribution in [-0.2, 0) is 16.1 Å². The van der Waals surface area contributed by atoms with E-state index in [1.54, 1.807) is 6.07 Å². The van der Waals surface area contributed by atoms with E-state index in [9.17, 15) is 9.18 Å². The molecule has 1 saturated heterocycles. The molecule has 1 aliphatic heterocycles. The number of rotatable bonds is 5. The Kier molecular flexibility index (Phi) is 8.17. The third kappa shape index (κ3) is 5.12. The SMILES string of the molecule is CSc1ccc(F)cc1CNC(=O)C(N)C1CCOCC1.Cl. The van der Waals surface area contributed by atoms with E-state index in [4.69, 9.17) is 10.5 Å². The Labute approximate surface area is 140 Å². The molecule has 1 unspecified atom stereocenters. The molecule has 0 radical (unpaired) electrons. The lowest BCUT2D eigenvalue weighted by molar-refractivity contribution is -0.124. The number of nitrogens with two attached hydrogens (primary N) is 1. The fourth-order valence-corrected chi connectivity index (χ4v) is 3.07. The van der Waals surface area contributed by atoms with E-state index in [0.717, 1.165) is 23.3 Å². The van der Waals surface area contributed by atoms with Gasteiger partial charge in [-0.1, -0.05) is 0 Å². The van der Waals surface area contributed by atoms with Crippen LogP contribution in [0.4, 0.5) is 4.39 Å². The van der Waals surface area contributed by atoms with Gasteiger partial charge in [-0.2, -0.15) is 0 Å². The predicted molar refractivity (Wildman–Crippen MR) is 88.8 cm³/mol. The Morgan fingerprint density at radius 3 is 2.82 bits per heavy atom. The summed E-state index contributed by atoms with van der Waals surface area (Å²) < 4.78 is 18.6. The van der Waals surface area contributed by atoms with Crippen molar-refractivity contribution < 1.29 is 13.9 Å². The minimum Gasteiger partial charge on any atom is -0.381 e. The molecule has 1 heterocycles. The Morgan fingerprint density at radius 2 is 2.18 bits per heavy atom. The van der Waals surface area contributed by atoms with Crippen molar-refractivity contribution in [3.05, 3.63) is 29.6 Å². The van der Waals surface area contributed by atoms with Gasteiger partial charge in [0.05, 0.1) is 6.04 Å². The maximum Gasteiger partial charge on any atom is 0.237 e. The van der Waals surface area contributed by atoms with Crippen molar-refractivity contribution in [2.75, 3.05) is 19.5 Å². The molecule has 1 aromatic rings. The van der Waals surface area contributed by atoms with Crippen LogP contribution in [0.25, 0.3) is 0 Å². The second-order valence-corrected chi connectivity index (χ2v) is 6.00. The van der Waals surface area contributed by atoms with E-state index >= 15 is 0 Å². The zero-order valence-electron chi connectivity index (χ0n) is 12.5. The topological polar surface area (TPSA) is 64.4 Å². The van der Waals surface area contributed by atoms with E-state index in [2.05, 4.69) is 5.32 Å². The number of hydrogen-bond donors (Lipinski definition) is 2. The van der Waals surface area contributed by atoms with E-state index in [-0.39, 0.29) is 30.0 Å². The maximum absolute atomic E-state index is 13.3. The van der Waals surface area contributed by atoms with Crippen molar-refractivity contribution in [3.63, 3.8) is 0 Å². The van der Waals surface area contributed by atoms with Gasteiger partial charge in [0.1, 0.15) is 5.82 Å². The first-order chi connectivity index (χ1) is 10.1. The largest absolute Gasteiger partial charge is 0.381 e. The molecule has 0 spiro atoms. The van der Waals surface area contributed by atoms with Crippen LogP contribution < -0.4 is 11.1 Å². The molecule has 0 saturated carbocycles. The van der Waals surface area contributed by atoms with Gasteiger partial charge in [-0.05, 0) is 48.8 Å². The monoisotopic (exact) mass is 348 g/mol. The normalized spacial score (nSPS) is 16.7. The number of amides is 1. The molecule has 1 atom stereocenters. The van der Waals surface area contributed by atoms with Crippen LogP contribution in [-0.4, -0.2) is 31.4 Å². The Hall–Kier alpha value is -0.820. The lowest BCUT2D eigenvalue weighted by Gasteiger charge is -2.26. The van der Waals surface area contributed by atoms with Crippen molar-refractivity contribution in [2.24, 2.45) is 11.7 Å². The molecule has 0 aliphatic carbocycles. The fourth-order valence-electron chi connectivity index (χ4n) is 2.47. The average Bonchev–Trinajstić information content (AvgIpc) is 2.52. The van der Waals surface area contributed by atoms with Crippen LogP contribution in [0.15, 0.2) is 23.1 Å². The highest BCUT2D eigenvalue weighted by molar-refractivity contribution is 7.98. The first kappa shape index (κ1) is 19.2. The predicted octanol–water partition coefficient (Wildman–Crippen LogP) is 2.34. The van der Waals surface area contributed by atoms with Gasteiger partial charge in [0.15, 0.2) is 0 Å². The molecule has 1 amide bonds. The number of carbonyl (C=O) groups is 1. The van der Waals surface area contributed by atoms with Crippen LogP contribution in [0, 0.1) is 11.7 Å². The summed E-state index contributed by atoms with van der Waals surface area (Å²) in [6, 6.07) is 4.07. The van der Waals surface area contributed by atoms with Crippen molar-refractivity contribution in [1.82, 2.24) is 5.32 Å². The summed E-state index contributed by atoms with van der Waals surface area (Å²) in [6.45, 7) is 1.61. The van der Waals surface area contributed by atoms with Crippen molar-refractivity contribution >= 4 is 30.1 Å². The highest BCUT2D eigenvalue weighted by Gasteiger charge is 2.26. The zero-order chi connectivity index (χ0) is 15.2. The molecule has 1 aromatic carbocycles. The number of carbonyl (C=O) groups excluding carboxylic acids is 1. The number of thioether (sulfide) groups is 1. The molecule has 2 rings (SSSR count). The molecule has 7 heteroatoms. The molecule has 1 aliphatic rings. The summed E-state index contributed by atoms with van der Waals surface area (Å²) in [5, 5.41) is 2.81. The minimum absolute atomic E-state index is 0. The van der Waals surface area contributed by atoms with E-state index in [1.807, 2.05) is 6.26 Å². The third-order valence-corrected chi connectivity index (χ3v) is 4.61. The van der Waals surface area contributed by atoms with Crippen LogP contribution in [0.1, 0.15) is 18.4 Å². The van der Waals surface area contributed by atoms with Gasteiger partial charge >= 0.3 is 0 Å². The number of nitrogens with one attached hydrogen (secondary N) is 1. The molecular weight excluding hydrogens is 327 g/mol. The van der Waals surface area contributed by atoms with Crippen molar-refractivity contribution in [3.8, 4) is 0 Å². The Bertz CT molecular complexity index is 498. The van der Waals surface area contributed by atoms with Gasteiger partial charge in [-0.3, -0.25) is 4.79 Å². The average molecular weight is 349 g/mol. The molecule has 124 valence electrons. The van der Waals surface area contributed by atoms with E-state index in [0.29, 0.717) is 19.8 Å². The van der Waals surface area contributed by atoms with Gasteiger partial charge in [0.2, 0.25) is 5.91 Å². The minimum atomic E-state index is -0.528. The highest BCUT2D eigenvalue weighted by atomic mass is 35.5. The van der Waals surface area contributed by atoms with Gasteiger partial charge in [0.25, 0.3) is 0 Å². The summed E-state index contributed by atoms with van der Waals surface area (Å²) in [4.78, 5) is 13.1. The number of hydrogen-bond acceptors (Lipinski definition) is 4. The Balaban J connectivity index is 0.00000242. The number of halogens is 2. The number of benzene rings is 1. The van der Waals surface area contributed by atoms with Crippen molar-refractivity contribution in [2.45, 2.75) is 30.3 Å². The summed E-state index contributed by atoms with van der Waals surface area (Å²) in [5.41, 5.74) is 6.78. The second-order valence-electron chi connectivity index (χ2n) is 5.15. The molecule has 0 bridgehead atoms. The van der Waals surface area contributed by atoms with Crippen LogP contribution >= 0.6 is 24.2 Å². The molecular formula is C15H22ClFN2O2S. The summed E-state index contributed by atoms with van der Waals surface area (Å²) in [6.07, 6.45) is 3.54. The van der Waals surface area contributed by atoms with E-state index < -0.39 is 6.04 Å². The maximum atomic E-state index is 13.3.